The molecule has 2 aliphatic heterocycles. The quantitative estimate of drug-likeness (QED) is 0.870. The molecule has 2 amide bonds. The Morgan fingerprint density at radius 3 is 2.56 bits per heavy atom. The van der Waals surface area contributed by atoms with Crippen LogP contribution in [0.2, 0.25) is 0 Å². The molecular weight excluding hydrogens is 316 g/mol. The minimum Gasteiger partial charge on any atom is -0.508 e. The van der Waals surface area contributed by atoms with Gasteiger partial charge in [-0.25, -0.2) is 0 Å². The molecule has 1 N–H and O–H groups in total. The van der Waals surface area contributed by atoms with Crippen molar-refractivity contribution >= 4 is 17.5 Å². The highest BCUT2D eigenvalue weighted by Crippen LogP contribution is 2.30. The van der Waals surface area contributed by atoms with Gasteiger partial charge in [-0.1, -0.05) is 6.07 Å². The van der Waals surface area contributed by atoms with E-state index in [2.05, 4.69) is 0 Å². The van der Waals surface area contributed by atoms with Crippen molar-refractivity contribution in [2.24, 2.45) is 0 Å². The minimum absolute atomic E-state index is 0.00179. The number of nitrogens with zero attached hydrogens (tertiary/aromatic N) is 2. The highest BCUT2D eigenvalue weighted by molar-refractivity contribution is 5.98. The van der Waals surface area contributed by atoms with Crippen LogP contribution in [0.25, 0.3) is 0 Å². The number of benzene rings is 2. The van der Waals surface area contributed by atoms with E-state index >= 15 is 0 Å². The van der Waals surface area contributed by atoms with Crippen molar-refractivity contribution in [3.63, 3.8) is 0 Å². The van der Waals surface area contributed by atoms with Gasteiger partial charge in [-0.2, -0.15) is 0 Å². The van der Waals surface area contributed by atoms with Crippen molar-refractivity contribution in [2.75, 3.05) is 18.0 Å². The maximum Gasteiger partial charge on any atom is 0.254 e. The Kier molecular flexibility index (Phi) is 3.71. The number of amides is 2. The fourth-order valence-corrected chi connectivity index (χ4v) is 3.76. The first kappa shape index (κ1) is 15.7. The van der Waals surface area contributed by atoms with Crippen LogP contribution in [0.3, 0.4) is 0 Å². The SMILES string of the molecule is CC(=O)N1CCc2cc(C(=O)N3CCc4ccc(O)cc4C3)ccc21. The second kappa shape index (κ2) is 5.92. The van der Waals surface area contributed by atoms with Crippen LogP contribution in [-0.2, 0) is 24.2 Å². The molecule has 25 heavy (non-hydrogen) atoms. The summed E-state index contributed by atoms with van der Waals surface area (Å²) in [4.78, 5) is 28.1. The van der Waals surface area contributed by atoms with Gasteiger partial charge < -0.3 is 14.9 Å². The van der Waals surface area contributed by atoms with Gasteiger partial charge in [0.1, 0.15) is 5.75 Å². The summed E-state index contributed by atoms with van der Waals surface area (Å²) in [6.45, 7) is 3.43. The van der Waals surface area contributed by atoms with Gasteiger partial charge in [0.05, 0.1) is 0 Å². The van der Waals surface area contributed by atoms with Crippen LogP contribution in [0.4, 0.5) is 5.69 Å². The Morgan fingerprint density at radius 2 is 1.76 bits per heavy atom. The first-order valence-corrected chi connectivity index (χ1v) is 8.54. The third-order valence-electron chi connectivity index (χ3n) is 5.09. The van der Waals surface area contributed by atoms with E-state index in [1.54, 1.807) is 30.0 Å². The van der Waals surface area contributed by atoms with Crippen molar-refractivity contribution in [3.8, 4) is 5.75 Å². The number of phenols is 1. The van der Waals surface area contributed by atoms with Crippen LogP contribution < -0.4 is 4.90 Å². The standard InChI is InChI=1S/C20H20N2O3/c1-13(23)22-9-7-15-10-16(3-5-19(15)22)20(25)21-8-6-14-2-4-18(24)11-17(14)12-21/h2-5,10-11,24H,6-9,12H2,1H3. The molecular formula is C20H20N2O3. The zero-order valence-corrected chi connectivity index (χ0v) is 14.2. The number of hydrogen-bond acceptors (Lipinski definition) is 3. The molecule has 2 aliphatic rings. The highest BCUT2D eigenvalue weighted by Gasteiger charge is 2.26. The summed E-state index contributed by atoms with van der Waals surface area (Å²) >= 11 is 0. The zero-order valence-electron chi connectivity index (χ0n) is 14.2. The predicted molar refractivity (Wildman–Crippen MR) is 94.7 cm³/mol. The van der Waals surface area contributed by atoms with Gasteiger partial charge in [0.25, 0.3) is 5.91 Å². The fourth-order valence-electron chi connectivity index (χ4n) is 3.76. The summed E-state index contributed by atoms with van der Waals surface area (Å²) in [7, 11) is 0. The average molecular weight is 336 g/mol. The number of fused-ring (bicyclic) bond motifs is 2. The Morgan fingerprint density at radius 1 is 0.960 bits per heavy atom. The van der Waals surface area contributed by atoms with E-state index in [1.165, 1.54) is 5.56 Å². The molecule has 0 saturated carbocycles. The summed E-state index contributed by atoms with van der Waals surface area (Å²) in [6.07, 6.45) is 1.58. The third kappa shape index (κ3) is 2.76. The number of rotatable bonds is 1. The number of carbonyl (C=O) groups excluding carboxylic acids is 2. The van der Waals surface area contributed by atoms with Gasteiger partial charge in [-0.3, -0.25) is 9.59 Å². The molecule has 2 heterocycles. The first-order valence-electron chi connectivity index (χ1n) is 8.54. The van der Waals surface area contributed by atoms with Crippen LogP contribution in [-0.4, -0.2) is 34.9 Å². The predicted octanol–water partition coefficient (Wildman–Crippen LogP) is 2.50. The Labute approximate surface area is 146 Å². The maximum atomic E-state index is 12.9. The lowest BCUT2D eigenvalue weighted by Crippen LogP contribution is -2.36. The maximum absolute atomic E-state index is 12.9. The van der Waals surface area contributed by atoms with Crippen LogP contribution in [0, 0.1) is 0 Å². The normalized spacial score (nSPS) is 15.7. The van der Waals surface area contributed by atoms with Crippen molar-refractivity contribution < 1.29 is 14.7 Å². The zero-order chi connectivity index (χ0) is 17.6. The van der Waals surface area contributed by atoms with Gasteiger partial charge >= 0.3 is 0 Å². The van der Waals surface area contributed by atoms with E-state index in [-0.39, 0.29) is 17.6 Å². The second-order valence-corrected chi connectivity index (χ2v) is 6.69. The number of aromatic hydroxyl groups is 1. The Balaban J connectivity index is 1.57. The van der Waals surface area contributed by atoms with Crippen molar-refractivity contribution in [3.05, 3.63) is 58.7 Å². The van der Waals surface area contributed by atoms with Crippen molar-refractivity contribution in [1.82, 2.24) is 4.90 Å². The van der Waals surface area contributed by atoms with E-state index in [1.807, 2.05) is 23.1 Å². The van der Waals surface area contributed by atoms with Crippen molar-refractivity contribution in [2.45, 2.75) is 26.3 Å². The molecule has 0 saturated heterocycles. The lowest BCUT2D eigenvalue weighted by Gasteiger charge is -2.29. The molecule has 0 aromatic heterocycles. The summed E-state index contributed by atoms with van der Waals surface area (Å²) in [5.74, 6) is 0.262. The molecule has 128 valence electrons. The number of phenolic OH excluding ortho intramolecular Hbond substituents is 1. The number of carbonyl (C=O) groups is 2. The molecule has 5 nitrogen and oxygen atoms in total. The van der Waals surface area contributed by atoms with Crippen LogP contribution in [0.5, 0.6) is 5.75 Å². The molecule has 4 rings (SSSR count). The van der Waals surface area contributed by atoms with E-state index in [0.29, 0.717) is 25.2 Å². The van der Waals surface area contributed by atoms with E-state index < -0.39 is 0 Å². The molecule has 0 aliphatic carbocycles. The molecule has 0 fully saturated rings. The minimum atomic E-state index is -0.00179. The highest BCUT2D eigenvalue weighted by atomic mass is 16.3. The van der Waals surface area contributed by atoms with Gasteiger partial charge in [0.2, 0.25) is 5.91 Å². The van der Waals surface area contributed by atoms with Gasteiger partial charge in [-0.05, 0) is 59.9 Å². The van der Waals surface area contributed by atoms with Gasteiger partial charge in [0.15, 0.2) is 0 Å². The van der Waals surface area contributed by atoms with Gasteiger partial charge in [0, 0.05) is 37.8 Å². The van der Waals surface area contributed by atoms with Crippen LogP contribution in [0.1, 0.15) is 34.0 Å². The van der Waals surface area contributed by atoms with E-state index in [9.17, 15) is 14.7 Å². The summed E-state index contributed by atoms with van der Waals surface area (Å²) in [5, 5.41) is 9.67. The van der Waals surface area contributed by atoms with Crippen LogP contribution in [0.15, 0.2) is 36.4 Å². The van der Waals surface area contributed by atoms with Crippen molar-refractivity contribution in [1.29, 1.82) is 0 Å². The average Bonchev–Trinajstić information content (AvgIpc) is 3.03. The molecule has 5 heteroatoms. The topological polar surface area (TPSA) is 60.9 Å². The monoisotopic (exact) mass is 336 g/mol. The van der Waals surface area contributed by atoms with E-state index in [4.69, 9.17) is 0 Å². The second-order valence-electron chi connectivity index (χ2n) is 6.69. The fraction of sp³-hybridized carbons (Fsp3) is 0.300. The molecule has 0 spiro atoms. The summed E-state index contributed by atoms with van der Waals surface area (Å²) in [5.41, 5.74) is 4.82. The molecule has 2 aromatic carbocycles. The molecule has 0 atom stereocenters. The summed E-state index contributed by atoms with van der Waals surface area (Å²) in [6, 6.07) is 11.0. The molecule has 0 radical (unpaired) electrons. The lowest BCUT2D eigenvalue weighted by molar-refractivity contribution is -0.116. The molecule has 2 aromatic rings. The third-order valence-corrected chi connectivity index (χ3v) is 5.09. The van der Waals surface area contributed by atoms with E-state index in [0.717, 1.165) is 29.7 Å². The Bertz CT molecular complexity index is 875. The summed E-state index contributed by atoms with van der Waals surface area (Å²) < 4.78 is 0. The van der Waals surface area contributed by atoms with Gasteiger partial charge in [-0.15, -0.1) is 0 Å². The number of hydrogen-bond donors (Lipinski definition) is 1. The Hall–Kier alpha value is -2.82. The molecule has 0 bridgehead atoms. The largest absolute Gasteiger partial charge is 0.508 e. The lowest BCUT2D eigenvalue weighted by atomic mass is 9.98. The smallest absolute Gasteiger partial charge is 0.254 e. The first-order chi connectivity index (χ1) is 12.0. The number of anilines is 1. The molecule has 0 unspecified atom stereocenters. The van der Waals surface area contributed by atoms with Crippen LogP contribution >= 0.6 is 0 Å².